The van der Waals surface area contributed by atoms with E-state index in [0.29, 0.717) is 12.2 Å². The molecule has 1 atom stereocenters. The van der Waals surface area contributed by atoms with Crippen LogP contribution in [0.5, 0.6) is 5.75 Å². The molecule has 0 aromatic heterocycles. The van der Waals surface area contributed by atoms with Gasteiger partial charge in [0, 0.05) is 11.5 Å². The van der Waals surface area contributed by atoms with Crippen LogP contribution in [0.2, 0.25) is 0 Å². The molecule has 1 aliphatic rings. The highest BCUT2D eigenvalue weighted by Gasteiger charge is 2.52. The van der Waals surface area contributed by atoms with E-state index in [-0.39, 0.29) is 11.7 Å². The third-order valence-electron chi connectivity index (χ3n) is 3.66. The number of benzene rings is 1. The average Bonchev–Trinajstić information content (AvgIpc) is 2.93. The molecule has 0 saturated heterocycles. The Kier molecular flexibility index (Phi) is 4.31. The van der Waals surface area contributed by atoms with Crippen molar-refractivity contribution in [3.8, 4) is 5.75 Å². The number of aliphatic hydroxyl groups is 1. The maximum Gasteiger partial charge on any atom is 0.193 e. The minimum absolute atomic E-state index is 0.150. The van der Waals surface area contributed by atoms with Crippen molar-refractivity contribution in [2.24, 2.45) is 5.92 Å². The zero-order valence-corrected chi connectivity index (χ0v) is 14.2. The zero-order valence-electron chi connectivity index (χ0n) is 12.7. The van der Waals surface area contributed by atoms with Crippen molar-refractivity contribution in [1.82, 2.24) is 0 Å². The van der Waals surface area contributed by atoms with Crippen LogP contribution in [0.25, 0.3) is 0 Å². The normalized spacial score (nSPS) is 20.2. The van der Waals surface area contributed by atoms with E-state index in [2.05, 4.69) is 0 Å². The molecule has 1 saturated carbocycles. The van der Waals surface area contributed by atoms with Gasteiger partial charge in [-0.05, 0) is 57.4 Å². The lowest BCUT2D eigenvalue weighted by molar-refractivity contribution is 0.0488. The van der Waals surface area contributed by atoms with E-state index in [0.717, 1.165) is 23.3 Å². The van der Waals surface area contributed by atoms with E-state index in [4.69, 9.17) is 27.9 Å². The summed E-state index contributed by atoms with van der Waals surface area (Å²) in [5.41, 5.74) is 0.822. The highest BCUT2D eigenvalue weighted by atomic mass is 35.5. The van der Waals surface area contributed by atoms with Gasteiger partial charge < -0.3 is 9.84 Å². The standard InChI is InChI=1S/C16H20Cl2O3/c1-9-5-11(14(19)15(3,4)20)6-10(2)13(9)21-8-12-7-16(12,17)18/h5-6,12,20H,7-8H2,1-4H3. The van der Waals surface area contributed by atoms with Crippen LogP contribution in [0.4, 0.5) is 0 Å². The van der Waals surface area contributed by atoms with Gasteiger partial charge in [0.15, 0.2) is 5.78 Å². The van der Waals surface area contributed by atoms with Crippen molar-refractivity contribution in [2.75, 3.05) is 6.61 Å². The van der Waals surface area contributed by atoms with Crippen LogP contribution < -0.4 is 4.74 Å². The van der Waals surface area contributed by atoms with Crippen LogP contribution >= 0.6 is 23.2 Å². The van der Waals surface area contributed by atoms with Crippen LogP contribution in [0.15, 0.2) is 12.1 Å². The number of Topliss-reactive ketones (excluding diaryl/α,β-unsaturated/α-hetero) is 1. The molecular formula is C16H20Cl2O3. The minimum Gasteiger partial charge on any atom is -0.493 e. The maximum atomic E-state index is 12.1. The molecule has 21 heavy (non-hydrogen) atoms. The zero-order chi connectivity index (χ0) is 16.0. The molecular weight excluding hydrogens is 311 g/mol. The Balaban J connectivity index is 2.16. The summed E-state index contributed by atoms with van der Waals surface area (Å²) in [6, 6.07) is 3.48. The van der Waals surface area contributed by atoms with E-state index < -0.39 is 9.93 Å². The second-order valence-corrected chi connectivity index (χ2v) is 7.84. The molecule has 1 N–H and O–H groups in total. The summed E-state index contributed by atoms with van der Waals surface area (Å²) in [6.07, 6.45) is 0.740. The Labute approximate surface area is 135 Å². The molecule has 0 bridgehead atoms. The lowest BCUT2D eigenvalue weighted by Crippen LogP contribution is -2.31. The molecule has 116 valence electrons. The second kappa shape index (κ2) is 5.45. The van der Waals surface area contributed by atoms with Crippen molar-refractivity contribution >= 4 is 29.0 Å². The highest BCUT2D eigenvalue weighted by molar-refractivity contribution is 6.50. The van der Waals surface area contributed by atoms with Gasteiger partial charge in [-0.15, -0.1) is 23.2 Å². The van der Waals surface area contributed by atoms with Crippen molar-refractivity contribution in [1.29, 1.82) is 0 Å². The number of aryl methyl sites for hydroxylation is 2. The number of hydrogen-bond acceptors (Lipinski definition) is 3. The molecule has 1 aromatic rings. The van der Waals surface area contributed by atoms with Gasteiger partial charge in [-0.3, -0.25) is 4.79 Å². The van der Waals surface area contributed by atoms with Gasteiger partial charge in [0.25, 0.3) is 0 Å². The monoisotopic (exact) mass is 330 g/mol. The summed E-state index contributed by atoms with van der Waals surface area (Å²) in [5.74, 6) is 0.596. The molecule has 1 unspecified atom stereocenters. The number of ether oxygens (including phenoxy) is 1. The number of hydrogen-bond donors (Lipinski definition) is 1. The molecule has 2 rings (SSSR count). The fourth-order valence-electron chi connectivity index (χ4n) is 2.30. The molecule has 0 spiro atoms. The fourth-order valence-corrected chi connectivity index (χ4v) is 2.80. The maximum absolute atomic E-state index is 12.1. The van der Waals surface area contributed by atoms with E-state index in [1.807, 2.05) is 13.8 Å². The Hall–Kier alpha value is -0.770. The van der Waals surface area contributed by atoms with Gasteiger partial charge >= 0.3 is 0 Å². The van der Waals surface area contributed by atoms with Crippen molar-refractivity contribution < 1.29 is 14.6 Å². The van der Waals surface area contributed by atoms with Gasteiger partial charge in [0.1, 0.15) is 15.7 Å². The summed E-state index contributed by atoms with van der Waals surface area (Å²) < 4.78 is 5.15. The van der Waals surface area contributed by atoms with E-state index in [9.17, 15) is 9.90 Å². The lowest BCUT2D eigenvalue weighted by Gasteiger charge is -2.18. The number of alkyl halides is 2. The van der Waals surface area contributed by atoms with E-state index in [1.165, 1.54) is 13.8 Å². The second-order valence-electron chi connectivity index (χ2n) is 6.30. The predicted molar refractivity (Wildman–Crippen MR) is 84.6 cm³/mol. The van der Waals surface area contributed by atoms with Crippen LogP contribution in [0, 0.1) is 19.8 Å². The Bertz CT molecular complexity index is 550. The van der Waals surface area contributed by atoms with Gasteiger partial charge in [0.2, 0.25) is 0 Å². The average molecular weight is 331 g/mol. The first-order valence-corrected chi connectivity index (χ1v) is 7.67. The molecule has 5 heteroatoms. The van der Waals surface area contributed by atoms with Gasteiger partial charge in [-0.25, -0.2) is 0 Å². The summed E-state index contributed by atoms with van der Waals surface area (Å²) in [6.45, 7) is 7.19. The van der Waals surface area contributed by atoms with Crippen molar-refractivity contribution in [3.05, 3.63) is 28.8 Å². The molecule has 0 amide bonds. The molecule has 0 radical (unpaired) electrons. The van der Waals surface area contributed by atoms with Gasteiger partial charge in [-0.1, -0.05) is 0 Å². The molecule has 1 aromatic carbocycles. The molecule has 1 fully saturated rings. The topological polar surface area (TPSA) is 46.5 Å². The van der Waals surface area contributed by atoms with E-state index in [1.54, 1.807) is 12.1 Å². The summed E-state index contributed by atoms with van der Waals surface area (Å²) in [7, 11) is 0. The molecule has 0 heterocycles. The summed E-state index contributed by atoms with van der Waals surface area (Å²) in [4.78, 5) is 12.1. The van der Waals surface area contributed by atoms with Crippen LogP contribution in [-0.4, -0.2) is 27.4 Å². The van der Waals surface area contributed by atoms with Crippen molar-refractivity contribution in [2.45, 2.75) is 44.1 Å². The third-order valence-corrected chi connectivity index (χ3v) is 4.59. The fraction of sp³-hybridized carbons (Fsp3) is 0.562. The highest BCUT2D eigenvalue weighted by Crippen LogP contribution is 2.53. The predicted octanol–water partition coefficient (Wildman–Crippen LogP) is 3.83. The number of rotatable bonds is 5. The van der Waals surface area contributed by atoms with Crippen LogP contribution in [0.1, 0.15) is 41.8 Å². The first kappa shape index (κ1) is 16.6. The summed E-state index contributed by atoms with van der Waals surface area (Å²) >= 11 is 12.0. The Morgan fingerprint density at radius 3 is 2.24 bits per heavy atom. The van der Waals surface area contributed by atoms with Crippen LogP contribution in [0.3, 0.4) is 0 Å². The quantitative estimate of drug-likeness (QED) is 0.659. The SMILES string of the molecule is Cc1cc(C(=O)C(C)(C)O)cc(C)c1OCC1CC1(Cl)Cl. The number of carbonyl (C=O) groups is 1. The largest absolute Gasteiger partial charge is 0.493 e. The van der Waals surface area contributed by atoms with Crippen LogP contribution in [-0.2, 0) is 0 Å². The third kappa shape index (κ3) is 3.71. The molecule has 3 nitrogen and oxygen atoms in total. The molecule has 1 aliphatic carbocycles. The lowest BCUT2D eigenvalue weighted by atomic mass is 9.94. The van der Waals surface area contributed by atoms with E-state index >= 15 is 0 Å². The smallest absolute Gasteiger partial charge is 0.193 e. The van der Waals surface area contributed by atoms with Gasteiger partial charge in [-0.2, -0.15) is 0 Å². The first-order valence-electron chi connectivity index (χ1n) is 6.91. The Morgan fingerprint density at radius 1 is 1.38 bits per heavy atom. The van der Waals surface area contributed by atoms with Crippen molar-refractivity contribution in [3.63, 3.8) is 0 Å². The van der Waals surface area contributed by atoms with Gasteiger partial charge in [0.05, 0.1) is 6.61 Å². The number of ketones is 1. The molecule has 0 aliphatic heterocycles. The minimum atomic E-state index is -1.38. The number of carbonyl (C=O) groups excluding carboxylic acids is 1. The Morgan fingerprint density at radius 2 is 1.86 bits per heavy atom. The number of halogens is 2. The summed E-state index contributed by atoms with van der Waals surface area (Å²) in [5, 5.41) is 9.82. The first-order chi connectivity index (χ1) is 9.52.